The van der Waals surface area contributed by atoms with Crippen molar-refractivity contribution in [2.75, 3.05) is 6.54 Å². The summed E-state index contributed by atoms with van der Waals surface area (Å²) in [5.41, 5.74) is 0. The fourth-order valence-corrected chi connectivity index (χ4v) is 2.26. The molecule has 1 aliphatic heterocycles. The van der Waals surface area contributed by atoms with Gasteiger partial charge in [0.1, 0.15) is 0 Å². The highest BCUT2D eigenvalue weighted by Crippen LogP contribution is 2.25. The van der Waals surface area contributed by atoms with Gasteiger partial charge in [0, 0.05) is 15.7 Å². The van der Waals surface area contributed by atoms with Crippen molar-refractivity contribution in [3.63, 3.8) is 0 Å². The molecule has 1 rings (SSSR count). The maximum absolute atomic E-state index is 11.8. The third kappa shape index (κ3) is 2.80. The fraction of sp³-hybridized carbons (Fsp3) is 0.833. The molecule has 3 nitrogen and oxygen atoms in total. The summed E-state index contributed by atoms with van der Waals surface area (Å²) in [6, 6.07) is -0.324. The lowest BCUT2D eigenvalue weighted by Crippen LogP contribution is -2.40. The van der Waals surface area contributed by atoms with Gasteiger partial charge in [-0.15, -0.1) is 0 Å². The molecule has 0 aromatic heterocycles. The van der Waals surface area contributed by atoms with Crippen LogP contribution < -0.4 is 0 Å². The van der Waals surface area contributed by atoms with Crippen LogP contribution in [0.4, 0.5) is 0 Å². The van der Waals surface area contributed by atoms with Crippen LogP contribution in [0.5, 0.6) is 0 Å². The van der Waals surface area contributed by atoms with E-state index >= 15 is 0 Å². The summed E-state index contributed by atoms with van der Waals surface area (Å²) in [4.78, 5) is 24.9. The largest absolute Gasteiger partial charge is 0.332 e. The Morgan fingerprint density at radius 3 is 2.80 bits per heavy atom. The average molecular weight is 213 g/mol. The summed E-state index contributed by atoms with van der Waals surface area (Å²) < 4.78 is 15.1. The van der Waals surface area contributed by atoms with Crippen molar-refractivity contribution < 1.29 is 12.3 Å². The minimum Gasteiger partial charge on any atom is -0.332 e. The topological polar surface area (TPSA) is 37.4 Å². The van der Waals surface area contributed by atoms with Gasteiger partial charge < -0.3 is 4.90 Å². The summed E-state index contributed by atoms with van der Waals surface area (Å²) in [5.74, 6) is 0.0400. The van der Waals surface area contributed by atoms with E-state index in [1.165, 1.54) is 13.8 Å². The molecule has 1 amide bonds. The van der Waals surface area contributed by atoms with Crippen molar-refractivity contribution in [3.05, 3.63) is 0 Å². The Hall–Kier alpha value is -0.860. The molecule has 3 heteroatoms. The minimum atomic E-state index is -1.25. The number of Topliss-reactive ketones (excluding diaryl/α,β-unsaturated/α-hetero) is 1. The standard InChI is InChI=1S/C12H21NO2/c1-4-6-10-7-12(15)13(8-10)11(5-2)9(3)14/h10-11H,4-8H2,1-3H3/t10-,11+/m1/s1/i4D2. The minimum absolute atomic E-state index is 0.0127. The molecule has 0 unspecified atom stereocenters. The number of rotatable bonds is 5. The smallest absolute Gasteiger partial charge is 0.223 e. The Bertz CT molecular complexity index is 312. The molecule has 0 saturated carbocycles. The molecule has 0 N–H and O–H groups in total. The average Bonchev–Trinajstić information content (AvgIpc) is 2.44. The van der Waals surface area contributed by atoms with Crippen LogP contribution in [0.3, 0.4) is 0 Å². The Labute approximate surface area is 94.6 Å². The number of ketones is 1. The zero-order valence-corrected chi connectivity index (χ0v) is 9.75. The lowest BCUT2D eigenvalue weighted by molar-refractivity contribution is -0.135. The van der Waals surface area contributed by atoms with Gasteiger partial charge in [-0.05, 0) is 25.7 Å². The van der Waals surface area contributed by atoms with E-state index < -0.39 is 6.37 Å². The van der Waals surface area contributed by atoms with E-state index in [2.05, 4.69) is 0 Å². The van der Waals surface area contributed by atoms with Gasteiger partial charge in [-0.25, -0.2) is 0 Å². The molecule has 0 bridgehead atoms. The third-order valence-electron chi connectivity index (χ3n) is 2.96. The van der Waals surface area contributed by atoms with Crippen LogP contribution in [-0.4, -0.2) is 29.2 Å². The lowest BCUT2D eigenvalue weighted by atomic mass is 10.0. The van der Waals surface area contributed by atoms with Gasteiger partial charge in [-0.3, -0.25) is 9.59 Å². The van der Waals surface area contributed by atoms with Crippen LogP contribution in [0.15, 0.2) is 0 Å². The van der Waals surface area contributed by atoms with Crippen LogP contribution in [0.1, 0.15) is 49.1 Å². The Kier molecular flexibility index (Phi) is 3.30. The van der Waals surface area contributed by atoms with E-state index in [-0.39, 0.29) is 23.7 Å². The number of hydrogen-bond donors (Lipinski definition) is 0. The van der Waals surface area contributed by atoms with Crippen molar-refractivity contribution >= 4 is 11.7 Å². The quantitative estimate of drug-likeness (QED) is 0.700. The second-order valence-electron chi connectivity index (χ2n) is 4.21. The van der Waals surface area contributed by atoms with E-state index in [1.54, 1.807) is 4.90 Å². The zero-order chi connectivity index (χ0) is 13.2. The number of amides is 1. The molecule has 1 saturated heterocycles. The van der Waals surface area contributed by atoms with Gasteiger partial charge in [0.05, 0.1) is 6.04 Å². The van der Waals surface area contributed by atoms with Crippen LogP contribution in [-0.2, 0) is 9.59 Å². The number of carbonyl (C=O) groups is 2. The van der Waals surface area contributed by atoms with Crippen molar-refractivity contribution in [1.29, 1.82) is 0 Å². The molecule has 0 aromatic rings. The van der Waals surface area contributed by atoms with Gasteiger partial charge >= 0.3 is 0 Å². The molecule has 0 aliphatic carbocycles. The van der Waals surface area contributed by atoms with Crippen molar-refractivity contribution in [2.24, 2.45) is 5.92 Å². The van der Waals surface area contributed by atoms with Gasteiger partial charge in [0.25, 0.3) is 0 Å². The molecule has 86 valence electrons. The molecule has 1 fully saturated rings. The van der Waals surface area contributed by atoms with E-state index in [9.17, 15) is 9.59 Å². The van der Waals surface area contributed by atoms with Gasteiger partial charge in [0.15, 0.2) is 5.78 Å². The maximum atomic E-state index is 11.8. The second-order valence-corrected chi connectivity index (χ2v) is 4.21. The normalized spacial score (nSPS) is 26.2. The maximum Gasteiger partial charge on any atom is 0.223 e. The number of nitrogens with zero attached hydrogens (tertiary/aromatic N) is 1. The molecule has 1 heterocycles. The van der Waals surface area contributed by atoms with E-state index in [4.69, 9.17) is 2.74 Å². The summed E-state index contributed by atoms with van der Waals surface area (Å²) in [5, 5.41) is 0. The number of hydrogen-bond acceptors (Lipinski definition) is 2. The first-order valence-electron chi connectivity index (χ1n) is 6.54. The molecule has 0 spiro atoms. The molecule has 15 heavy (non-hydrogen) atoms. The van der Waals surface area contributed by atoms with Gasteiger partial charge in [-0.2, -0.15) is 0 Å². The fourth-order valence-electron chi connectivity index (χ4n) is 2.26. The first kappa shape index (κ1) is 9.37. The van der Waals surface area contributed by atoms with E-state index in [0.717, 1.165) is 0 Å². The summed E-state index contributed by atoms with van der Waals surface area (Å²) in [7, 11) is 0. The third-order valence-corrected chi connectivity index (χ3v) is 2.96. The summed E-state index contributed by atoms with van der Waals surface area (Å²) in [6.45, 7) is 5.45. The zero-order valence-electron chi connectivity index (χ0n) is 11.7. The monoisotopic (exact) mass is 213 g/mol. The summed E-state index contributed by atoms with van der Waals surface area (Å²) in [6.07, 6.45) is 0.131. The highest BCUT2D eigenvalue weighted by Gasteiger charge is 2.34. The van der Waals surface area contributed by atoms with Gasteiger partial charge in [-0.1, -0.05) is 20.2 Å². The van der Waals surface area contributed by atoms with Crippen LogP contribution >= 0.6 is 0 Å². The lowest BCUT2D eigenvalue weighted by Gasteiger charge is -2.24. The number of carbonyl (C=O) groups excluding carboxylic acids is 2. The first-order chi connectivity index (χ1) is 7.74. The first-order valence-corrected chi connectivity index (χ1v) is 5.54. The van der Waals surface area contributed by atoms with Crippen LogP contribution in [0, 0.1) is 5.92 Å². The predicted octanol–water partition coefficient (Wildman–Crippen LogP) is 2.00. The molecular weight excluding hydrogens is 190 g/mol. The number of likely N-dealkylation sites (tertiary alicyclic amines) is 1. The van der Waals surface area contributed by atoms with Crippen molar-refractivity contribution in [3.8, 4) is 0 Å². The van der Waals surface area contributed by atoms with Crippen molar-refractivity contribution in [2.45, 2.75) is 52.4 Å². The molecular formula is C12H21NO2. The molecule has 0 radical (unpaired) electrons. The van der Waals surface area contributed by atoms with Crippen molar-refractivity contribution in [1.82, 2.24) is 4.90 Å². The van der Waals surface area contributed by atoms with Gasteiger partial charge in [0.2, 0.25) is 5.91 Å². The molecule has 2 atom stereocenters. The SMILES string of the molecule is [2H]C([2H])(C)C[C@@H]1CC(=O)N([C@@H](CC)C(C)=O)C1. The second kappa shape index (κ2) is 5.29. The summed E-state index contributed by atoms with van der Waals surface area (Å²) >= 11 is 0. The Balaban J connectivity index is 2.67. The molecule has 0 aromatic carbocycles. The van der Waals surface area contributed by atoms with Crippen LogP contribution in [0.25, 0.3) is 0 Å². The Morgan fingerprint density at radius 2 is 2.33 bits per heavy atom. The Morgan fingerprint density at radius 1 is 1.67 bits per heavy atom. The highest BCUT2D eigenvalue weighted by molar-refractivity contribution is 5.88. The highest BCUT2D eigenvalue weighted by atomic mass is 16.2. The predicted molar refractivity (Wildman–Crippen MR) is 59.5 cm³/mol. The molecule has 1 aliphatic rings. The van der Waals surface area contributed by atoms with E-state index in [0.29, 0.717) is 25.8 Å². The van der Waals surface area contributed by atoms with E-state index in [1.807, 2.05) is 6.92 Å². The van der Waals surface area contributed by atoms with Crippen LogP contribution in [0.2, 0.25) is 0 Å².